The molecule has 1 aromatic heterocycles. The molecule has 0 aliphatic rings. The standard InChI is InChI=1S/C25H18Cl4N2O3S/c26-18-3-1-17(2-4-18)15-31(35(32,33)23-10-5-19(27)6-11-23)16-22-9-8-21(34-22)14-30-20-7-12-24(28)25(29)13-20/h1-14H,15-16H2. The summed E-state index contributed by atoms with van der Waals surface area (Å²) in [4.78, 5) is 4.46. The van der Waals surface area contributed by atoms with E-state index >= 15 is 0 Å². The van der Waals surface area contributed by atoms with Crippen molar-refractivity contribution in [3.8, 4) is 0 Å². The van der Waals surface area contributed by atoms with Gasteiger partial charge in [-0.15, -0.1) is 0 Å². The van der Waals surface area contributed by atoms with Gasteiger partial charge in [0.2, 0.25) is 10.0 Å². The third-order valence-electron chi connectivity index (χ3n) is 4.98. The lowest BCUT2D eigenvalue weighted by atomic mass is 10.2. The molecule has 0 amide bonds. The summed E-state index contributed by atoms with van der Waals surface area (Å²) in [7, 11) is -3.86. The SMILES string of the molecule is O=S(=O)(c1ccc(Cl)cc1)N(Cc1ccc(Cl)cc1)Cc1ccc(C=Nc2ccc(Cl)c(Cl)c2)o1. The maximum absolute atomic E-state index is 13.5. The van der Waals surface area contributed by atoms with Crippen molar-refractivity contribution >= 4 is 68.3 Å². The van der Waals surface area contributed by atoms with Crippen molar-refractivity contribution in [3.05, 3.63) is 116 Å². The molecular weight excluding hydrogens is 550 g/mol. The molecule has 0 bridgehead atoms. The van der Waals surface area contributed by atoms with Gasteiger partial charge in [0.15, 0.2) is 0 Å². The Morgan fingerprint density at radius 1 is 0.771 bits per heavy atom. The van der Waals surface area contributed by atoms with Crippen molar-refractivity contribution < 1.29 is 12.8 Å². The Labute approximate surface area is 223 Å². The van der Waals surface area contributed by atoms with Gasteiger partial charge in [-0.3, -0.25) is 4.99 Å². The Kier molecular flexibility index (Phi) is 8.22. The quantitative estimate of drug-likeness (QED) is 0.202. The van der Waals surface area contributed by atoms with Gasteiger partial charge in [-0.05, 0) is 72.3 Å². The van der Waals surface area contributed by atoms with Crippen LogP contribution in [-0.4, -0.2) is 18.9 Å². The van der Waals surface area contributed by atoms with Crippen LogP contribution in [0.25, 0.3) is 0 Å². The first-order valence-corrected chi connectivity index (χ1v) is 13.2. The maximum atomic E-state index is 13.5. The van der Waals surface area contributed by atoms with E-state index in [1.165, 1.54) is 22.7 Å². The molecule has 180 valence electrons. The van der Waals surface area contributed by atoms with Crippen molar-refractivity contribution in [1.29, 1.82) is 0 Å². The van der Waals surface area contributed by atoms with Crippen LogP contribution in [0, 0.1) is 0 Å². The molecule has 35 heavy (non-hydrogen) atoms. The molecule has 0 aliphatic heterocycles. The molecule has 1 heterocycles. The summed E-state index contributed by atoms with van der Waals surface area (Å²) in [5, 5.41) is 1.85. The fourth-order valence-electron chi connectivity index (χ4n) is 3.20. The van der Waals surface area contributed by atoms with Crippen LogP contribution < -0.4 is 0 Å². The van der Waals surface area contributed by atoms with Crippen molar-refractivity contribution in [1.82, 2.24) is 4.31 Å². The number of aliphatic imine (C=N–C) groups is 1. The summed E-state index contributed by atoms with van der Waals surface area (Å²) in [5.74, 6) is 0.911. The smallest absolute Gasteiger partial charge is 0.243 e. The number of hydrogen-bond donors (Lipinski definition) is 0. The lowest BCUT2D eigenvalue weighted by molar-refractivity contribution is 0.357. The second-order valence-corrected chi connectivity index (χ2v) is 11.1. The summed E-state index contributed by atoms with van der Waals surface area (Å²) < 4.78 is 34.1. The van der Waals surface area contributed by atoms with E-state index in [1.807, 2.05) is 0 Å². The first-order valence-electron chi connectivity index (χ1n) is 10.3. The molecule has 10 heteroatoms. The number of hydrogen-bond acceptors (Lipinski definition) is 4. The van der Waals surface area contributed by atoms with Crippen LogP contribution in [0.3, 0.4) is 0 Å². The van der Waals surface area contributed by atoms with Crippen molar-refractivity contribution in [2.75, 3.05) is 0 Å². The highest BCUT2D eigenvalue weighted by Gasteiger charge is 2.26. The molecule has 0 radical (unpaired) electrons. The predicted molar refractivity (Wildman–Crippen MR) is 142 cm³/mol. The zero-order valence-electron chi connectivity index (χ0n) is 18.0. The van der Waals surface area contributed by atoms with Crippen molar-refractivity contribution in [2.45, 2.75) is 18.0 Å². The van der Waals surface area contributed by atoms with Gasteiger partial charge in [-0.1, -0.05) is 58.5 Å². The first-order chi connectivity index (χ1) is 16.7. The van der Waals surface area contributed by atoms with E-state index < -0.39 is 10.0 Å². The second kappa shape index (κ2) is 11.2. The number of sulfonamides is 1. The van der Waals surface area contributed by atoms with Crippen LogP contribution in [0.4, 0.5) is 5.69 Å². The number of nitrogens with zero attached hydrogens (tertiary/aromatic N) is 2. The zero-order valence-corrected chi connectivity index (χ0v) is 21.9. The number of furan rings is 1. The van der Waals surface area contributed by atoms with E-state index in [1.54, 1.807) is 66.7 Å². The Morgan fingerprint density at radius 3 is 2.09 bits per heavy atom. The van der Waals surface area contributed by atoms with Crippen LogP contribution in [0.1, 0.15) is 17.1 Å². The fraction of sp³-hybridized carbons (Fsp3) is 0.0800. The maximum Gasteiger partial charge on any atom is 0.243 e. The van der Waals surface area contributed by atoms with Crippen LogP contribution in [-0.2, 0) is 23.1 Å². The lowest BCUT2D eigenvalue weighted by Crippen LogP contribution is -2.30. The zero-order chi connectivity index (χ0) is 25.0. The van der Waals surface area contributed by atoms with E-state index in [0.29, 0.717) is 37.3 Å². The van der Waals surface area contributed by atoms with Crippen LogP contribution in [0.15, 0.2) is 93.2 Å². The summed E-state index contributed by atoms with van der Waals surface area (Å²) in [6, 6.07) is 21.5. The summed E-state index contributed by atoms with van der Waals surface area (Å²) >= 11 is 23.9. The topological polar surface area (TPSA) is 62.9 Å². The molecular formula is C25H18Cl4N2O3S. The Hall–Kier alpha value is -2.32. The van der Waals surface area contributed by atoms with Crippen LogP contribution in [0.5, 0.6) is 0 Å². The van der Waals surface area contributed by atoms with Crippen LogP contribution >= 0.6 is 46.4 Å². The average molecular weight is 568 g/mol. The van der Waals surface area contributed by atoms with E-state index in [9.17, 15) is 8.42 Å². The third-order valence-corrected chi connectivity index (χ3v) is 8.03. The largest absolute Gasteiger partial charge is 0.459 e. The third kappa shape index (κ3) is 6.67. The molecule has 0 fully saturated rings. The molecule has 0 unspecified atom stereocenters. The number of benzene rings is 3. The van der Waals surface area contributed by atoms with Gasteiger partial charge in [-0.25, -0.2) is 8.42 Å². The Bertz CT molecular complexity index is 1450. The van der Waals surface area contributed by atoms with Crippen molar-refractivity contribution in [3.63, 3.8) is 0 Å². The molecule has 0 spiro atoms. The van der Waals surface area contributed by atoms with E-state index in [0.717, 1.165) is 5.56 Å². The van der Waals surface area contributed by atoms with Gasteiger partial charge < -0.3 is 4.42 Å². The van der Waals surface area contributed by atoms with Gasteiger partial charge >= 0.3 is 0 Å². The van der Waals surface area contributed by atoms with E-state index in [-0.39, 0.29) is 18.0 Å². The van der Waals surface area contributed by atoms with Crippen LogP contribution in [0.2, 0.25) is 20.1 Å². The van der Waals surface area contributed by atoms with Gasteiger partial charge in [0, 0.05) is 16.6 Å². The normalized spacial score (nSPS) is 12.0. The summed E-state index contributed by atoms with van der Waals surface area (Å²) in [6.45, 7) is 0.129. The van der Waals surface area contributed by atoms with Gasteiger partial charge in [-0.2, -0.15) is 4.31 Å². The molecule has 0 N–H and O–H groups in total. The average Bonchev–Trinajstić information content (AvgIpc) is 3.28. The molecule has 4 rings (SSSR count). The highest BCUT2D eigenvalue weighted by atomic mass is 35.5. The predicted octanol–water partition coefficient (Wildman–Crippen LogP) is 8.03. The fourth-order valence-corrected chi connectivity index (χ4v) is 5.14. The van der Waals surface area contributed by atoms with E-state index in [2.05, 4.69) is 4.99 Å². The second-order valence-electron chi connectivity index (χ2n) is 7.51. The first kappa shape index (κ1) is 25.8. The summed E-state index contributed by atoms with van der Waals surface area (Å²) in [5.41, 5.74) is 1.38. The van der Waals surface area contributed by atoms with Gasteiger partial charge in [0.25, 0.3) is 0 Å². The number of halogens is 4. The highest BCUT2D eigenvalue weighted by Crippen LogP contribution is 2.27. The minimum Gasteiger partial charge on any atom is -0.459 e. The molecule has 0 atom stereocenters. The Morgan fingerprint density at radius 2 is 1.43 bits per heavy atom. The lowest BCUT2D eigenvalue weighted by Gasteiger charge is -2.21. The molecule has 0 saturated heterocycles. The van der Waals surface area contributed by atoms with E-state index in [4.69, 9.17) is 50.8 Å². The molecule has 4 aromatic rings. The van der Waals surface area contributed by atoms with Gasteiger partial charge in [0.1, 0.15) is 11.5 Å². The highest BCUT2D eigenvalue weighted by molar-refractivity contribution is 7.89. The minimum absolute atomic E-state index is 0.00813. The molecule has 3 aromatic carbocycles. The number of rotatable bonds is 8. The van der Waals surface area contributed by atoms with Gasteiger partial charge in [0.05, 0.1) is 33.4 Å². The molecule has 0 aliphatic carbocycles. The Balaban J connectivity index is 1.58. The monoisotopic (exact) mass is 566 g/mol. The summed E-state index contributed by atoms with van der Waals surface area (Å²) in [6.07, 6.45) is 1.53. The minimum atomic E-state index is -3.86. The molecule has 0 saturated carbocycles. The molecule has 5 nitrogen and oxygen atoms in total. The van der Waals surface area contributed by atoms with Crippen molar-refractivity contribution in [2.24, 2.45) is 4.99 Å².